The molecule has 0 atom stereocenters. The zero-order chi connectivity index (χ0) is 13.1. The lowest BCUT2D eigenvalue weighted by molar-refractivity contribution is 0.605. The molecule has 0 fully saturated rings. The van der Waals surface area contributed by atoms with Crippen molar-refractivity contribution >= 4 is 23.1 Å². The SMILES string of the molecule is CSc1c(-c2ccsc2)nnn1Cc1ccccc1. The van der Waals surface area contributed by atoms with Gasteiger partial charge in [0.05, 0.1) is 6.54 Å². The lowest BCUT2D eigenvalue weighted by Crippen LogP contribution is -2.03. The van der Waals surface area contributed by atoms with Gasteiger partial charge in [-0.1, -0.05) is 35.5 Å². The first-order valence-corrected chi connectivity index (χ1v) is 8.09. The van der Waals surface area contributed by atoms with Gasteiger partial charge >= 0.3 is 0 Å². The van der Waals surface area contributed by atoms with Gasteiger partial charge in [0.25, 0.3) is 0 Å². The van der Waals surface area contributed by atoms with E-state index in [1.807, 2.05) is 22.9 Å². The van der Waals surface area contributed by atoms with Crippen LogP contribution in [0.2, 0.25) is 0 Å². The van der Waals surface area contributed by atoms with E-state index in [-0.39, 0.29) is 0 Å². The summed E-state index contributed by atoms with van der Waals surface area (Å²) in [5.74, 6) is 0. The van der Waals surface area contributed by atoms with Crippen LogP contribution in [-0.4, -0.2) is 21.2 Å². The van der Waals surface area contributed by atoms with E-state index in [1.54, 1.807) is 23.1 Å². The van der Waals surface area contributed by atoms with Gasteiger partial charge in [-0.25, -0.2) is 4.68 Å². The summed E-state index contributed by atoms with van der Waals surface area (Å²) in [7, 11) is 0. The largest absolute Gasteiger partial charge is 0.234 e. The molecule has 5 heteroatoms. The van der Waals surface area contributed by atoms with Crippen molar-refractivity contribution < 1.29 is 0 Å². The van der Waals surface area contributed by atoms with Crippen LogP contribution in [0.3, 0.4) is 0 Å². The van der Waals surface area contributed by atoms with Crippen molar-refractivity contribution in [3.05, 3.63) is 52.7 Å². The summed E-state index contributed by atoms with van der Waals surface area (Å²) >= 11 is 3.37. The molecule has 0 aliphatic carbocycles. The highest BCUT2D eigenvalue weighted by molar-refractivity contribution is 7.98. The highest BCUT2D eigenvalue weighted by Gasteiger charge is 2.14. The second-order valence-corrected chi connectivity index (χ2v) is 5.68. The van der Waals surface area contributed by atoms with Crippen molar-refractivity contribution in [1.29, 1.82) is 0 Å². The summed E-state index contributed by atoms with van der Waals surface area (Å²) in [5.41, 5.74) is 3.36. The van der Waals surface area contributed by atoms with E-state index in [0.717, 1.165) is 22.8 Å². The van der Waals surface area contributed by atoms with Gasteiger partial charge in [-0.3, -0.25) is 0 Å². The number of thiophene rings is 1. The summed E-state index contributed by atoms with van der Waals surface area (Å²) in [6.45, 7) is 0.758. The molecule has 0 saturated heterocycles. The van der Waals surface area contributed by atoms with E-state index >= 15 is 0 Å². The van der Waals surface area contributed by atoms with Gasteiger partial charge in [0.2, 0.25) is 0 Å². The number of hydrogen-bond donors (Lipinski definition) is 0. The van der Waals surface area contributed by atoms with E-state index in [1.165, 1.54) is 5.56 Å². The van der Waals surface area contributed by atoms with E-state index in [0.29, 0.717) is 0 Å². The smallest absolute Gasteiger partial charge is 0.127 e. The fraction of sp³-hybridized carbons (Fsp3) is 0.143. The molecule has 2 heterocycles. The van der Waals surface area contributed by atoms with Crippen molar-refractivity contribution in [1.82, 2.24) is 15.0 Å². The first-order chi connectivity index (χ1) is 9.38. The Labute approximate surface area is 120 Å². The Hall–Kier alpha value is -1.59. The van der Waals surface area contributed by atoms with Gasteiger partial charge in [0, 0.05) is 10.9 Å². The maximum atomic E-state index is 4.32. The molecular formula is C14H13N3S2. The van der Waals surface area contributed by atoms with Crippen LogP contribution in [0.25, 0.3) is 11.3 Å². The van der Waals surface area contributed by atoms with Gasteiger partial charge in [0.1, 0.15) is 10.7 Å². The van der Waals surface area contributed by atoms with Gasteiger partial charge < -0.3 is 0 Å². The van der Waals surface area contributed by atoms with Crippen LogP contribution in [0.1, 0.15) is 5.56 Å². The Morgan fingerprint density at radius 3 is 2.74 bits per heavy atom. The fourth-order valence-electron chi connectivity index (χ4n) is 1.95. The first kappa shape index (κ1) is 12.4. The van der Waals surface area contributed by atoms with Gasteiger partial charge in [0.15, 0.2) is 0 Å². The zero-order valence-corrected chi connectivity index (χ0v) is 12.1. The van der Waals surface area contributed by atoms with Crippen molar-refractivity contribution in [3.63, 3.8) is 0 Å². The van der Waals surface area contributed by atoms with E-state index < -0.39 is 0 Å². The molecule has 0 saturated carbocycles. The third kappa shape index (κ3) is 2.57. The average molecular weight is 287 g/mol. The second-order valence-electron chi connectivity index (χ2n) is 4.10. The molecule has 19 heavy (non-hydrogen) atoms. The quantitative estimate of drug-likeness (QED) is 0.684. The van der Waals surface area contributed by atoms with Crippen molar-refractivity contribution in [2.24, 2.45) is 0 Å². The molecule has 0 N–H and O–H groups in total. The van der Waals surface area contributed by atoms with Crippen LogP contribution in [0.4, 0.5) is 0 Å². The number of aromatic nitrogens is 3. The second kappa shape index (κ2) is 5.59. The minimum absolute atomic E-state index is 0.758. The van der Waals surface area contributed by atoms with Gasteiger partial charge in [-0.05, 0) is 23.3 Å². The fourth-order valence-corrected chi connectivity index (χ4v) is 3.25. The molecule has 0 aliphatic heterocycles. The minimum Gasteiger partial charge on any atom is -0.234 e. The standard InChI is InChI=1S/C14H13N3S2/c1-18-14-13(12-7-8-19-10-12)15-16-17(14)9-11-5-3-2-4-6-11/h2-8,10H,9H2,1H3. The Morgan fingerprint density at radius 2 is 2.05 bits per heavy atom. The number of benzene rings is 1. The van der Waals surface area contributed by atoms with Crippen LogP contribution >= 0.6 is 23.1 Å². The third-order valence-electron chi connectivity index (χ3n) is 2.85. The maximum Gasteiger partial charge on any atom is 0.127 e. The molecule has 0 spiro atoms. The molecule has 0 bridgehead atoms. The van der Waals surface area contributed by atoms with Crippen molar-refractivity contribution in [2.45, 2.75) is 11.6 Å². The molecular weight excluding hydrogens is 274 g/mol. The van der Waals surface area contributed by atoms with Crippen molar-refractivity contribution in [2.75, 3.05) is 6.26 Å². The molecule has 0 aliphatic rings. The molecule has 3 aromatic rings. The number of hydrogen-bond acceptors (Lipinski definition) is 4. The third-order valence-corrected chi connectivity index (χ3v) is 4.33. The summed E-state index contributed by atoms with van der Waals surface area (Å²) in [6.07, 6.45) is 2.07. The molecule has 3 nitrogen and oxygen atoms in total. The topological polar surface area (TPSA) is 30.7 Å². The van der Waals surface area contributed by atoms with Crippen LogP contribution < -0.4 is 0 Å². The number of thioether (sulfide) groups is 1. The Bertz CT molecular complexity index is 645. The normalized spacial score (nSPS) is 10.8. The first-order valence-electron chi connectivity index (χ1n) is 5.92. The van der Waals surface area contributed by atoms with Crippen LogP contribution in [0.15, 0.2) is 52.2 Å². The predicted molar refractivity (Wildman–Crippen MR) is 80.7 cm³/mol. The van der Waals surface area contributed by atoms with E-state index in [9.17, 15) is 0 Å². The Kier molecular flexibility index (Phi) is 3.66. The number of nitrogens with zero attached hydrogens (tertiary/aromatic N) is 3. The van der Waals surface area contributed by atoms with Crippen LogP contribution in [-0.2, 0) is 6.54 Å². The lowest BCUT2D eigenvalue weighted by atomic mass is 10.2. The molecule has 1 aromatic carbocycles. The summed E-state index contributed by atoms with van der Waals surface area (Å²) in [5, 5.41) is 13.9. The zero-order valence-electron chi connectivity index (χ0n) is 10.5. The van der Waals surface area contributed by atoms with Gasteiger partial charge in [-0.2, -0.15) is 11.3 Å². The minimum atomic E-state index is 0.758. The molecule has 96 valence electrons. The lowest BCUT2D eigenvalue weighted by Gasteiger charge is -2.05. The van der Waals surface area contributed by atoms with Gasteiger partial charge in [-0.15, -0.1) is 16.9 Å². The molecule has 0 unspecified atom stereocenters. The summed E-state index contributed by atoms with van der Waals surface area (Å²) < 4.78 is 1.97. The van der Waals surface area contributed by atoms with Crippen LogP contribution in [0.5, 0.6) is 0 Å². The Balaban J connectivity index is 1.95. The Morgan fingerprint density at radius 1 is 1.21 bits per heavy atom. The monoisotopic (exact) mass is 287 g/mol. The summed E-state index contributed by atoms with van der Waals surface area (Å²) in [4.78, 5) is 0. The molecule has 0 amide bonds. The van der Waals surface area contributed by atoms with E-state index in [2.05, 4.69) is 45.5 Å². The highest BCUT2D eigenvalue weighted by atomic mass is 32.2. The highest BCUT2D eigenvalue weighted by Crippen LogP contribution is 2.29. The number of rotatable bonds is 4. The predicted octanol–water partition coefficient (Wildman–Crippen LogP) is 3.78. The molecule has 0 radical (unpaired) electrons. The molecule has 3 rings (SSSR count). The maximum absolute atomic E-state index is 4.32. The summed E-state index contributed by atoms with van der Waals surface area (Å²) in [6, 6.07) is 12.4. The molecule has 2 aromatic heterocycles. The van der Waals surface area contributed by atoms with Crippen molar-refractivity contribution in [3.8, 4) is 11.3 Å². The van der Waals surface area contributed by atoms with Crippen LogP contribution in [0, 0.1) is 0 Å². The average Bonchev–Trinajstić information content (AvgIpc) is 3.08. The van der Waals surface area contributed by atoms with E-state index in [4.69, 9.17) is 0 Å².